The van der Waals surface area contributed by atoms with Crippen molar-refractivity contribution in [3.05, 3.63) is 148 Å². The molecule has 0 atom stereocenters. The topological polar surface area (TPSA) is 46.5 Å². The lowest BCUT2D eigenvalue weighted by molar-refractivity contribution is -0.139. The van der Waals surface area contributed by atoms with E-state index in [-0.39, 0.29) is 0 Å². The average molecular weight is 483 g/mol. The van der Waals surface area contributed by atoms with Crippen molar-refractivity contribution in [2.45, 2.75) is 11.8 Å². The third-order valence-corrected chi connectivity index (χ3v) is 7.26. The number of carboxylic acids is 1. The minimum atomic E-state index is -0.996. The zero-order valence-corrected chi connectivity index (χ0v) is 20.3. The monoisotopic (exact) mass is 482 g/mol. The number of benzene rings is 5. The highest BCUT2D eigenvalue weighted by Crippen LogP contribution is 2.45. The van der Waals surface area contributed by atoms with Gasteiger partial charge in [-0.1, -0.05) is 121 Å². The Morgan fingerprint density at radius 1 is 0.730 bits per heavy atom. The van der Waals surface area contributed by atoms with Crippen LogP contribution in [0.25, 0.3) is 22.4 Å². The molecule has 0 bridgehead atoms. The van der Waals surface area contributed by atoms with Gasteiger partial charge in [-0.15, -0.1) is 0 Å². The molecule has 0 unspecified atom stereocenters. The molecule has 0 saturated heterocycles. The van der Waals surface area contributed by atoms with Gasteiger partial charge in [-0.25, -0.2) is 4.79 Å². The maximum Gasteiger partial charge on any atom is 0.341 e. The van der Waals surface area contributed by atoms with Crippen LogP contribution in [0.4, 0.5) is 0 Å². The number of ether oxygens (including phenoxy) is 1. The van der Waals surface area contributed by atoms with Gasteiger partial charge >= 0.3 is 5.97 Å². The molecule has 0 spiro atoms. The van der Waals surface area contributed by atoms with Crippen LogP contribution in [0.1, 0.15) is 23.1 Å². The quantitative estimate of drug-likeness (QED) is 0.339. The normalized spacial score (nSPS) is 14.0. The molecule has 0 aromatic heterocycles. The van der Waals surface area contributed by atoms with Crippen LogP contribution < -0.4 is 15.2 Å². The highest BCUT2D eigenvalue weighted by Gasteiger charge is 2.36. The summed E-state index contributed by atoms with van der Waals surface area (Å²) in [7, 11) is 0. The number of fused-ring (bicyclic) bond motifs is 2. The largest absolute Gasteiger partial charge is 0.481 e. The van der Waals surface area contributed by atoms with Gasteiger partial charge in [-0.05, 0) is 50.4 Å². The molecule has 5 aromatic rings. The fraction of sp³-hybridized carbons (Fsp3) is 0.0882. The fourth-order valence-corrected chi connectivity index (χ4v) is 5.64. The van der Waals surface area contributed by atoms with E-state index in [1.54, 1.807) is 0 Å². The van der Waals surface area contributed by atoms with Crippen molar-refractivity contribution in [1.82, 2.24) is 0 Å². The van der Waals surface area contributed by atoms with E-state index >= 15 is 0 Å². The second-order valence-electron chi connectivity index (χ2n) is 9.43. The fourth-order valence-electron chi connectivity index (χ4n) is 5.64. The highest BCUT2D eigenvalue weighted by molar-refractivity contribution is 5.97. The highest BCUT2D eigenvalue weighted by atomic mass is 16.5. The molecule has 0 fully saturated rings. The molecule has 1 aliphatic rings. The number of hydrogen-bond acceptors (Lipinski definition) is 2. The molecule has 180 valence electrons. The van der Waals surface area contributed by atoms with Gasteiger partial charge in [0.15, 0.2) is 6.61 Å². The van der Waals surface area contributed by atoms with Crippen LogP contribution in [0.3, 0.4) is 0 Å². The zero-order chi connectivity index (χ0) is 25.2. The first-order valence-corrected chi connectivity index (χ1v) is 12.4. The summed E-state index contributed by atoms with van der Waals surface area (Å²) in [4.78, 5) is 11.5. The van der Waals surface area contributed by atoms with Gasteiger partial charge in [0, 0.05) is 11.0 Å². The molecule has 6 rings (SSSR count). The predicted octanol–water partition coefficient (Wildman–Crippen LogP) is 5.67. The van der Waals surface area contributed by atoms with Crippen LogP contribution in [0.5, 0.6) is 5.75 Å². The van der Waals surface area contributed by atoms with Crippen molar-refractivity contribution in [1.29, 1.82) is 0 Å². The molecule has 5 aromatic carbocycles. The van der Waals surface area contributed by atoms with E-state index in [0.717, 1.165) is 32.3 Å². The van der Waals surface area contributed by atoms with Gasteiger partial charge in [-0.2, -0.15) is 0 Å². The third-order valence-electron chi connectivity index (χ3n) is 7.26. The Kier molecular flexibility index (Phi) is 5.82. The number of rotatable bonds is 6. The van der Waals surface area contributed by atoms with Crippen molar-refractivity contribution < 1.29 is 14.6 Å². The molecule has 0 radical (unpaired) electrons. The first-order valence-electron chi connectivity index (χ1n) is 12.4. The summed E-state index contributed by atoms with van der Waals surface area (Å²) < 4.78 is 5.92. The Bertz CT molecular complexity index is 1680. The SMILES string of the molecule is O=C(O)COc1ccc2ccccc2c1C1=c2ccccc2=CC(c2ccccc2)(c2ccccc2)C1. The minimum Gasteiger partial charge on any atom is -0.481 e. The lowest BCUT2D eigenvalue weighted by Crippen LogP contribution is -2.40. The molecule has 0 aliphatic heterocycles. The number of carbonyl (C=O) groups is 1. The lowest BCUT2D eigenvalue weighted by Gasteiger charge is -2.36. The second-order valence-corrected chi connectivity index (χ2v) is 9.43. The van der Waals surface area contributed by atoms with Gasteiger partial charge < -0.3 is 9.84 Å². The van der Waals surface area contributed by atoms with Crippen LogP contribution in [0.15, 0.2) is 121 Å². The standard InChI is InChI=1S/C34H26O3/c35-32(36)23-37-31-20-19-24-11-7-10-18-29(24)33(31)30-22-34(26-13-3-1-4-14-26,27-15-5-2-6-16-27)21-25-12-8-9-17-28(25)30/h1-21H,22-23H2,(H,35,36). The summed E-state index contributed by atoms with van der Waals surface area (Å²) in [5.74, 6) is -0.410. The van der Waals surface area contributed by atoms with E-state index in [1.807, 2.05) is 36.4 Å². The lowest BCUT2D eigenvalue weighted by atomic mass is 9.66. The summed E-state index contributed by atoms with van der Waals surface area (Å²) in [6, 6.07) is 41.8. The summed E-state index contributed by atoms with van der Waals surface area (Å²) in [5, 5.41) is 13.8. The van der Waals surface area contributed by atoms with E-state index in [1.165, 1.54) is 11.1 Å². The predicted molar refractivity (Wildman–Crippen MR) is 148 cm³/mol. The maximum atomic E-state index is 11.5. The molecule has 0 saturated carbocycles. The Hall–Kier alpha value is -4.63. The summed E-state index contributed by atoms with van der Waals surface area (Å²) in [6.45, 7) is -0.394. The van der Waals surface area contributed by atoms with Gasteiger partial charge in [0.1, 0.15) is 5.75 Å². The van der Waals surface area contributed by atoms with E-state index in [2.05, 4.69) is 91.0 Å². The molecule has 37 heavy (non-hydrogen) atoms. The van der Waals surface area contributed by atoms with Crippen molar-refractivity contribution in [3.63, 3.8) is 0 Å². The van der Waals surface area contributed by atoms with Gasteiger partial charge in [0.25, 0.3) is 0 Å². The first kappa shape index (κ1) is 22.8. The van der Waals surface area contributed by atoms with E-state index in [0.29, 0.717) is 12.2 Å². The smallest absolute Gasteiger partial charge is 0.341 e. The van der Waals surface area contributed by atoms with Gasteiger partial charge in [-0.3, -0.25) is 0 Å². The van der Waals surface area contributed by atoms with E-state index in [4.69, 9.17) is 4.74 Å². The zero-order valence-electron chi connectivity index (χ0n) is 20.3. The first-order chi connectivity index (χ1) is 18.2. The number of carboxylic acid groups (broad SMARTS) is 1. The van der Waals surface area contributed by atoms with Gasteiger partial charge in [0.2, 0.25) is 0 Å². The average Bonchev–Trinajstić information content (AvgIpc) is 2.96. The molecule has 1 N–H and O–H groups in total. The molecule has 0 amide bonds. The maximum absolute atomic E-state index is 11.5. The second kappa shape index (κ2) is 9.44. The van der Waals surface area contributed by atoms with Crippen LogP contribution >= 0.6 is 0 Å². The van der Waals surface area contributed by atoms with E-state index < -0.39 is 18.0 Å². The number of aliphatic carboxylic acids is 1. The molecule has 0 heterocycles. The van der Waals surface area contributed by atoms with Crippen molar-refractivity contribution in [3.8, 4) is 5.75 Å². The summed E-state index contributed by atoms with van der Waals surface area (Å²) in [5.41, 5.74) is 4.11. The molecule has 3 nitrogen and oxygen atoms in total. The van der Waals surface area contributed by atoms with E-state index in [9.17, 15) is 9.90 Å². The molecular formula is C34H26O3. The van der Waals surface area contributed by atoms with Gasteiger partial charge in [0.05, 0.1) is 0 Å². The van der Waals surface area contributed by atoms with Crippen LogP contribution in [-0.2, 0) is 10.2 Å². The third kappa shape index (κ3) is 4.09. The van der Waals surface area contributed by atoms with Crippen LogP contribution in [0.2, 0.25) is 0 Å². The number of hydrogen-bond donors (Lipinski definition) is 1. The molecular weight excluding hydrogens is 456 g/mol. The van der Waals surface area contributed by atoms with Crippen molar-refractivity contribution >= 4 is 28.4 Å². The summed E-state index contributed by atoms with van der Waals surface area (Å²) >= 11 is 0. The van der Waals surface area contributed by atoms with Crippen molar-refractivity contribution in [2.24, 2.45) is 0 Å². The van der Waals surface area contributed by atoms with Crippen LogP contribution in [-0.4, -0.2) is 17.7 Å². The Morgan fingerprint density at radius 2 is 1.35 bits per heavy atom. The Labute approximate surface area is 215 Å². The Balaban J connectivity index is 1.70. The molecule has 1 aliphatic carbocycles. The minimum absolute atomic E-state index is 0.394. The Morgan fingerprint density at radius 3 is 2.05 bits per heavy atom. The van der Waals surface area contributed by atoms with Crippen molar-refractivity contribution in [2.75, 3.05) is 6.61 Å². The molecule has 3 heteroatoms. The van der Waals surface area contributed by atoms with Crippen LogP contribution in [0, 0.1) is 0 Å². The summed E-state index contributed by atoms with van der Waals surface area (Å²) in [6.07, 6.45) is 3.09.